The summed E-state index contributed by atoms with van der Waals surface area (Å²) in [5.74, 6) is 1.14. The highest BCUT2D eigenvalue weighted by Crippen LogP contribution is 2.21. The van der Waals surface area contributed by atoms with Crippen LogP contribution in [0.3, 0.4) is 0 Å². The van der Waals surface area contributed by atoms with Gasteiger partial charge in [0, 0.05) is 18.3 Å². The van der Waals surface area contributed by atoms with Crippen LogP contribution in [0.25, 0.3) is 0 Å². The molecule has 0 aromatic heterocycles. The number of hydrogen-bond acceptors (Lipinski definition) is 3. The van der Waals surface area contributed by atoms with Crippen molar-refractivity contribution in [3.63, 3.8) is 0 Å². The van der Waals surface area contributed by atoms with E-state index in [9.17, 15) is 5.11 Å². The molecule has 2 N–H and O–H groups in total. The number of hydrogen-bond donors (Lipinski definition) is 2. The molecule has 0 spiro atoms. The zero-order valence-electron chi connectivity index (χ0n) is 11.6. The van der Waals surface area contributed by atoms with Gasteiger partial charge in [-0.25, -0.2) is 0 Å². The van der Waals surface area contributed by atoms with Crippen LogP contribution < -0.4 is 10.1 Å². The van der Waals surface area contributed by atoms with Crippen molar-refractivity contribution in [2.24, 2.45) is 0 Å². The van der Waals surface area contributed by atoms with E-state index in [-0.39, 0.29) is 0 Å². The maximum absolute atomic E-state index is 9.65. The molecule has 0 saturated heterocycles. The molecule has 0 aliphatic rings. The molecule has 0 amide bonds. The van der Waals surface area contributed by atoms with Crippen LogP contribution in [0.4, 0.5) is 5.69 Å². The number of aryl methyl sites for hydroxylation is 1. The standard InChI is InChI=1S/C17H19NO2/c1-3-10-20-16-8-5-14(6-9-16)12-18-15-7-4-13(2)17(19)11-15/h3-9,11,18-19H,1,10,12H2,2H3. The average Bonchev–Trinajstić information content (AvgIpc) is 2.47. The van der Waals surface area contributed by atoms with E-state index in [0.29, 0.717) is 18.9 Å². The monoisotopic (exact) mass is 269 g/mol. The first-order valence-electron chi connectivity index (χ1n) is 6.55. The third kappa shape index (κ3) is 3.79. The third-order valence-electron chi connectivity index (χ3n) is 3.00. The second-order valence-corrected chi connectivity index (χ2v) is 4.60. The van der Waals surface area contributed by atoms with E-state index in [0.717, 1.165) is 22.6 Å². The molecule has 0 aliphatic carbocycles. The maximum atomic E-state index is 9.65. The number of ether oxygens (including phenoxy) is 1. The highest BCUT2D eigenvalue weighted by molar-refractivity contribution is 5.51. The van der Waals surface area contributed by atoms with Gasteiger partial charge in [-0.15, -0.1) is 0 Å². The number of benzene rings is 2. The van der Waals surface area contributed by atoms with E-state index in [1.165, 1.54) is 0 Å². The van der Waals surface area contributed by atoms with Crippen LogP contribution in [0.1, 0.15) is 11.1 Å². The predicted molar refractivity (Wildman–Crippen MR) is 82.3 cm³/mol. The fourth-order valence-corrected chi connectivity index (χ4v) is 1.78. The quantitative estimate of drug-likeness (QED) is 0.782. The Morgan fingerprint density at radius 1 is 1.20 bits per heavy atom. The number of rotatable bonds is 6. The smallest absolute Gasteiger partial charge is 0.120 e. The second kappa shape index (κ2) is 6.66. The summed E-state index contributed by atoms with van der Waals surface area (Å²) in [6, 6.07) is 13.5. The summed E-state index contributed by atoms with van der Waals surface area (Å²) in [6.07, 6.45) is 1.72. The summed E-state index contributed by atoms with van der Waals surface area (Å²) >= 11 is 0. The fraction of sp³-hybridized carbons (Fsp3) is 0.176. The van der Waals surface area contributed by atoms with Gasteiger partial charge in [-0.05, 0) is 36.2 Å². The van der Waals surface area contributed by atoms with E-state index < -0.39 is 0 Å². The Labute approximate surface area is 119 Å². The van der Waals surface area contributed by atoms with Crippen LogP contribution in [-0.4, -0.2) is 11.7 Å². The molecule has 0 fully saturated rings. The van der Waals surface area contributed by atoms with E-state index in [4.69, 9.17) is 4.74 Å². The molecule has 104 valence electrons. The summed E-state index contributed by atoms with van der Waals surface area (Å²) in [6.45, 7) is 6.70. The van der Waals surface area contributed by atoms with Gasteiger partial charge in [0.15, 0.2) is 0 Å². The van der Waals surface area contributed by atoms with E-state index >= 15 is 0 Å². The minimum Gasteiger partial charge on any atom is -0.508 e. The number of anilines is 1. The zero-order chi connectivity index (χ0) is 14.4. The van der Waals surface area contributed by atoms with Crippen molar-refractivity contribution in [3.05, 3.63) is 66.2 Å². The molecular formula is C17H19NO2. The van der Waals surface area contributed by atoms with E-state index in [2.05, 4.69) is 11.9 Å². The van der Waals surface area contributed by atoms with Crippen molar-refractivity contribution in [1.29, 1.82) is 0 Å². The fourth-order valence-electron chi connectivity index (χ4n) is 1.78. The molecule has 2 aromatic carbocycles. The lowest BCUT2D eigenvalue weighted by atomic mass is 10.2. The van der Waals surface area contributed by atoms with Crippen LogP contribution in [0.5, 0.6) is 11.5 Å². The largest absolute Gasteiger partial charge is 0.508 e. The Kier molecular flexibility index (Phi) is 4.66. The molecule has 0 unspecified atom stereocenters. The van der Waals surface area contributed by atoms with Crippen molar-refractivity contribution in [1.82, 2.24) is 0 Å². The van der Waals surface area contributed by atoms with E-state index in [1.807, 2.05) is 43.3 Å². The van der Waals surface area contributed by atoms with E-state index in [1.54, 1.807) is 12.1 Å². The van der Waals surface area contributed by atoms with Gasteiger partial charge in [0.25, 0.3) is 0 Å². The van der Waals surface area contributed by atoms with Gasteiger partial charge in [-0.3, -0.25) is 0 Å². The number of phenolic OH excluding ortho intramolecular Hbond substituents is 1. The van der Waals surface area contributed by atoms with Gasteiger partial charge in [0.1, 0.15) is 18.1 Å². The lowest BCUT2D eigenvalue weighted by Crippen LogP contribution is -1.99. The molecular weight excluding hydrogens is 250 g/mol. The van der Waals surface area contributed by atoms with Crippen molar-refractivity contribution >= 4 is 5.69 Å². The minimum absolute atomic E-state index is 0.308. The number of phenols is 1. The van der Waals surface area contributed by atoms with Crippen LogP contribution >= 0.6 is 0 Å². The first-order chi connectivity index (χ1) is 9.69. The molecule has 20 heavy (non-hydrogen) atoms. The Morgan fingerprint density at radius 2 is 1.95 bits per heavy atom. The second-order valence-electron chi connectivity index (χ2n) is 4.60. The molecule has 3 heteroatoms. The summed E-state index contributed by atoms with van der Waals surface area (Å²) in [5.41, 5.74) is 2.93. The SMILES string of the molecule is C=CCOc1ccc(CNc2ccc(C)c(O)c2)cc1. The maximum Gasteiger partial charge on any atom is 0.120 e. The molecule has 0 radical (unpaired) electrons. The third-order valence-corrected chi connectivity index (χ3v) is 3.00. The first kappa shape index (κ1) is 14.0. The number of nitrogens with one attached hydrogen (secondary N) is 1. The summed E-state index contributed by atoms with van der Waals surface area (Å²) in [5, 5.41) is 12.9. The molecule has 2 rings (SSSR count). The molecule has 0 saturated carbocycles. The Bertz CT molecular complexity index is 576. The van der Waals surface area contributed by atoms with Crippen molar-refractivity contribution in [3.8, 4) is 11.5 Å². The molecule has 2 aromatic rings. The minimum atomic E-state index is 0.308. The van der Waals surface area contributed by atoms with Crippen molar-refractivity contribution in [2.75, 3.05) is 11.9 Å². The highest BCUT2D eigenvalue weighted by atomic mass is 16.5. The van der Waals surface area contributed by atoms with Crippen molar-refractivity contribution in [2.45, 2.75) is 13.5 Å². The normalized spacial score (nSPS) is 10.1. The van der Waals surface area contributed by atoms with Crippen LogP contribution in [-0.2, 0) is 6.54 Å². The van der Waals surface area contributed by atoms with Crippen LogP contribution in [0, 0.1) is 6.92 Å². The molecule has 0 atom stereocenters. The molecule has 0 heterocycles. The Hall–Kier alpha value is -2.42. The summed E-state index contributed by atoms with van der Waals surface area (Å²) in [7, 11) is 0. The molecule has 0 aliphatic heterocycles. The molecule has 0 bridgehead atoms. The van der Waals surface area contributed by atoms with Crippen LogP contribution in [0.15, 0.2) is 55.1 Å². The van der Waals surface area contributed by atoms with Gasteiger partial charge in [0.05, 0.1) is 0 Å². The first-order valence-corrected chi connectivity index (χ1v) is 6.55. The average molecular weight is 269 g/mol. The topological polar surface area (TPSA) is 41.5 Å². The number of aromatic hydroxyl groups is 1. The lowest BCUT2D eigenvalue weighted by Gasteiger charge is -2.09. The lowest BCUT2D eigenvalue weighted by molar-refractivity contribution is 0.363. The molecule has 3 nitrogen and oxygen atoms in total. The van der Waals surface area contributed by atoms with Crippen molar-refractivity contribution < 1.29 is 9.84 Å². The van der Waals surface area contributed by atoms with Gasteiger partial charge >= 0.3 is 0 Å². The zero-order valence-corrected chi connectivity index (χ0v) is 11.6. The predicted octanol–water partition coefficient (Wildman–Crippen LogP) is 3.88. The van der Waals surface area contributed by atoms with Gasteiger partial charge in [-0.1, -0.05) is 30.9 Å². The van der Waals surface area contributed by atoms with Crippen LogP contribution in [0.2, 0.25) is 0 Å². The van der Waals surface area contributed by atoms with Gasteiger partial charge in [-0.2, -0.15) is 0 Å². The Balaban J connectivity index is 1.93. The highest BCUT2D eigenvalue weighted by Gasteiger charge is 1.99. The summed E-state index contributed by atoms with van der Waals surface area (Å²) < 4.78 is 5.43. The van der Waals surface area contributed by atoms with Gasteiger partial charge in [0.2, 0.25) is 0 Å². The summed E-state index contributed by atoms with van der Waals surface area (Å²) in [4.78, 5) is 0. The Morgan fingerprint density at radius 3 is 2.60 bits per heavy atom. The van der Waals surface area contributed by atoms with Gasteiger partial charge < -0.3 is 15.2 Å².